The minimum Gasteiger partial charge on any atom is -0.310 e. The Morgan fingerprint density at radius 3 is 3.20 bits per heavy atom. The molecule has 1 heterocycles. The van der Waals surface area contributed by atoms with Crippen molar-refractivity contribution in [2.24, 2.45) is 4.99 Å². The van der Waals surface area contributed by atoms with Crippen molar-refractivity contribution in [2.45, 2.75) is 18.9 Å². The van der Waals surface area contributed by atoms with E-state index in [0.717, 1.165) is 13.0 Å². The number of hydrogen-bond donors (Lipinski definition) is 1. The summed E-state index contributed by atoms with van der Waals surface area (Å²) in [6.45, 7) is 1.07. The van der Waals surface area contributed by atoms with Crippen LogP contribution in [0.15, 0.2) is 17.3 Å². The normalized spacial score (nSPS) is 25.0. The molecule has 1 aliphatic heterocycles. The van der Waals surface area contributed by atoms with Crippen LogP contribution in [0.3, 0.4) is 0 Å². The molecular weight excluding hydrogens is 128 g/mol. The van der Waals surface area contributed by atoms with Crippen molar-refractivity contribution in [3.63, 3.8) is 0 Å². The molecule has 1 atom stereocenters. The van der Waals surface area contributed by atoms with E-state index in [1.807, 2.05) is 6.08 Å². The van der Waals surface area contributed by atoms with E-state index in [2.05, 4.69) is 10.3 Å². The average Bonchev–Trinajstić information content (AvgIpc) is 2.41. The van der Waals surface area contributed by atoms with Crippen molar-refractivity contribution in [1.82, 2.24) is 5.32 Å². The van der Waals surface area contributed by atoms with Gasteiger partial charge in [-0.05, 0) is 25.5 Å². The minimum atomic E-state index is 0.414. The highest BCUT2D eigenvalue weighted by atomic mass is 16.1. The van der Waals surface area contributed by atoms with E-state index in [-0.39, 0.29) is 0 Å². The lowest BCUT2D eigenvalue weighted by Crippen LogP contribution is -2.17. The fourth-order valence-corrected chi connectivity index (χ4v) is 1.05. The smallest absolute Gasteiger partial charge is 0.239 e. The molecule has 0 radical (unpaired) electrons. The van der Waals surface area contributed by atoms with Crippen LogP contribution in [0.2, 0.25) is 0 Å². The van der Waals surface area contributed by atoms with Gasteiger partial charge in [0.05, 0.1) is 0 Å². The molecule has 0 amide bonds. The summed E-state index contributed by atoms with van der Waals surface area (Å²) in [5, 5.41) is 3.24. The van der Waals surface area contributed by atoms with Crippen molar-refractivity contribution >= 4 is 6.08 Å². The van der Waals surface area contributed by atoms with E-state index >= 15 is 0 Å². The van der Waals surface area contributed by atoms with Gasteiger partial charge in [0.15, 0.2) is 0 Å². The van der Waals surface area contributed by atoms with Gasteiger partial charge in [0.1, 0.15) is 0 Å². The van der Waals surface area contributed by atoms with Crippen LogP contribution in [-0.4, -0.2) is 18.7 Å². The molecule has 1 fully saturated rings. The zero-order chi connectivity index (χ0) is 7.23. The first-order chi connectivity index (χ1) is 4.93. The molecule has 3 heteroatoms. The molecule has 1 N–H and O–H groups in total. The predicted molar refractivity (Wildman–Crippen MR) is 38.3 cm³/mol. The van der Waals surface area contributed by atoms with Crippen molar-refractivity contribution in [1.29, 1.82) is 0 Å². The fraction of sp³-hybridized carbons (Fsp3) is 0.571. The summed E-state index contributed by atoms with van der Waals surface area (Å²) < 4.78 is 0. The molecule has 1 aliphatic rings. The molecule has 54 valence electrons. The van der Waals surface area contributed by atoms with Crippen LogP contribution in [0.5, 0.6) is 0 Å². The third-order valence-corrected chi connectivity index (χ3v) is 1.54. The molecule has 0 aromatic heterocycles. The van der Waals surface area contributed by atoms with Gasteiger partial charge in [0.25, 0.3) is 0 Å². The Morgan fingerprint density at radius 1 is 1.70 bits per heavy atom. The lowest BCUT2D eigenvalue weighted by molar-refractivity contribution is 0.565. The zero-order valence-electron chi connectivity index (χ0n) is 5.71. The number of carbonyl (C=O) groups excluding carboxylic acids is 1. The van der Waals surface area contributed by atoms with Crippen LogP contribution in [0, 0.1) is 0 Å². The first-order valence-electron chi connectivity index (χ1n) is 3.40. The number of aliphatic imine (C=N–C) groups is 1. The molecule has 0 aromatic carbocycles. The summed E-state index contributed by atoms with van der Waals surface area (Å²) >= 11 is 0. The maximum Gasteiger partial charge on any atom is 0.239 e. The molecule has 1 saturated heterocycles. The van der Waals surface area contributed by atoms with Crippen molar-refractivity contribution in [3.05, 3.63) is 12.3 Å². The fourth-order valence-electron chi connectivity index (χ4n) is 1.05. The Hall–Kier alpha value is -0.920. The van der Waals surface area contributed by atoms with Crippen LogP contribution in [-0.2, 0) is 4.79 Å². The van der Waals surface area contributed by atoms with Crippen molar-refractivity contribution in [3.8, 4) is 0 Å². The quantitative estimate of drug-likeness (QED) is 0.448. The number of nitrogens with zero attached hydrogens (tertiary/aromatic N) is 1. The monoisotopic (exact) mass is 138 g/mol. The Morgan fingerprint density at radius 2 is 2.60 bits per heavy atom. The lowest BCUT2D eigenvalue weighted by atomic mass is 10.2. The maximum absolute atomic E-state index is 9.62. The zero-order valence-corrected chi connectivity index (χ0v) is 5.71. The van der Waals surface area contributed by atoms with E-state index in [4.69, 9.17) is 0 Å². The van der Waals surface area contributed by atoms with Crippen LogP contribution >= 0.6 is 0 Å². The Bertz CT molecular complexity index is 164. The first-order valence-corrected chi connectivity index (χ1v) is 3.40. The van der Waals surface area contributed by atoms with Crippen LogP contribution in [0.25, 0.3) is 0 Å². The van der Waals surface area contributed by atoms with Crippen LogP contribution in [0.1, 0.15) is 12.8 Å². The Labute approximate surface area is 59.8 Å². The highest BCUT2D eigenvalue weighted by molar-refractivity contribution is 5.34. The lowest BCUT2D eigenvalue weighted by Gasteiger charge is -1.98. The second kappa shape index (κ2) is 3.99. The van der Waals surface area contributed by atoms with Gasteiger partial charge >= 0.3 is 0 Å². The second-order valence-electron chi connectivity index (χ2n) is 2.26. The number of rotatable bonds is 2. The molecular formula is C7H10N2O. The number of hydrogen-bond acceptors (Lipinski definition) is 3. The molecule has 1 unspecified atom stereocenters. The summed E-state index contributed by atoms with van der Waals surface area (Å²) in [6.07, 6.45) is 7.19. The van der Waals surface area contributed by atoms with E-state index in [0.29, 0.717) is 6.04 Å². The van der Waals surface area contributed by atoms with Crippen molar-refractivity contribution < 1.29 is 4.79 Å². The van der Waals surface area contributed by atoms with Gasteiger partial charge in [-0.15, -0.1) is 0 Å². The molecule has 0 spiro atoms. The van der Waals surface area contributed by atoms with Gasteiger partial charge < -0.3 is 5.32 Å². The molecule has 0 bridgehead atoms. The van der Waals surface area contributed by atoms with Gasteiger partial charge in [0.2, 0.25) is 6.08 Å². The molecule has 0 saturated carbocycles. The highest BCUT2D eigenvalue weighted by Crippen LogP contribution is 2.05. The summed E-state index contributed by atoms with van der Waals surface area (Å²) in [6, 6.07) is 0.414. The molecule has 1 rings (SSSR count). The largest absolute Gasteiger partial charge is 0.310 e. The minimum absolute atomic E-state index is 0.414. The Kier molecular flexibility index (Phi) is 2.87. The van der Waals surface area contributed by atoms with Gasteiger partial charge in [-0.2, -0.15) is 4.99 Å². The first kappa shape index (κ1) is 7.19. The third-order valence-electron chi connectivity index (χ3n) is 1.54. The molecule has 0 aliphatic carbocycles. The van der Waals surface area contributed by atoms with Gasteiger partial charge in [0, 0.05) is 12.2 Å². The van der Waals surface area contributed by atoms with Crippen LogP contribution < -0.4 is 5.32 Å². The van der Waals surface area contributed by atoms with Crippen LogP contribution in [0.4, 0.5) is 0 Å². The summed E-state index contributed by atoms with van der Waals surface area (Å²) in [7, 11) is 0. The third kappa shape index (κ3) is 2.13. The molecule has 3 nitrogen and oxygen atoms in total. The number of isocyanates is 1. The van der Waals surface area contributed by atoms with E-state index in [1.165, 1.54) is 18.7 Å². The summed E-state index contributed by atoms with van der Waals surface area (Å²) in [5.41, 5.74) is 0. The topological polar surface area (TPSA) is 41.5 Å². The number of nitrogens with one attached hydrogen (secondary N) is 1. The molecule has 0 aromatic rings. The Balaban J connectivity index is 2.29. The van der Waals surface area contributed by atoms with Crippen molar-refractivity contribution in [2.75, 3.05) is 6.54 Å². The summed E-state index contributed by atoms with van der Waals surface area (Å²) in [4.78, 5) is 12.9. The van der Waals surface area contributed by atoms with E-state index in [9.17, 15) is 4.79 Å². The predicted octanol–water partition coefficient (Wildman–Crippen LogP) is 0.588. The SMILES string of the molecule is O=C=N/C=C\C1CCCN1. The maximum atomic E-state index is 9.62. The second-order valence-corrected chi connectivity index (χ2v) is 2.26. The highest BCUT2D eigenvalue weighted by Gasteiger charge is 2.08. The van der Waals surface area contributed by atoms with E-state index < -0.39 is 0 Å². The molecule has 10 heavy (non-hydrogen) atoms. The van der Waals surface area contributed by atoms with Gasteiger partial charge in [-0.25, -0.2) is 4.79 Å². The van der Waals surface area contributed by atoms with Gasteiger partial charge in [-0.1, -0.05) is 0 Å². The average molecular weight is 138 g/mol. The summed E-state index contributed by atoms with van der Waals surface area (Å²) in [5.74, 6) is 0. The standard InChI is InChI=1S/C7H10N2O/c10-6-8-5-3-7-2-1-4-9-7/h3,5,7,9H,1-2,4H2/b5-3-. The van der Waals surface area contributed by atoms with E-state index in [1.54, 1.807) is 0 Å². The van der Waals surface area contributed by atoms with Gasteiger partial charge in [-0.3, -0.25) is 0 Å².